The maximum absolute atomic E-state index is 13.8. The van der Waals surface area contributed by atoms with Crippen LogP contribution in [0.1, 0.15) is 86.5 Å². The van der Waals surface area contributed by atoms with Gasteiger partial charge < -0.3 is 9.47 Å². The van der Waals surface area contributed by atoms with Gasteiger partial charge in [-0.25, -0.2) is 0 Å². The molecule has 0 aliphatic heterocycles. The van der Waals surface area contributed by atoms with E-state index in [1.54, 1.807) is 6.92 Å². The van der Waals surface area contributed by atoms with Crippen LogP contribution in [0.4, 0.5) is 0 Å². The van der Waals surface area contributed by atoms with E-state index in [2.05, 4.69) is 20.8 Å². The van der Waals surface area contributed by atoms with Crippen molar-refractivity contribution in [1.29, 1.82) is 0 Å². The molecule has 0 amide bonds. The van der Waals surface area contributed by atoms with Gasteiger partial charge in [-0.05, 0) is 87.0 Å². The van der Waals surface area contributed by atoms with Crippen LogP contribution in [-0.4, -0.2) is 30.2 Å². The summed E-state index contributed by atoms with van der Waals surface area (Å²) in [6.07, 6.45) is 6.60. The Kier molecular flexibility index (Phi) is 6.09. The minimum absolute atomic E-state index is 0.00759. The van der Waals surface area contributed by atoms with Crippen LogP contribution in [0.25, 0.3) is 0 Å². The van der Waals surface area contributed by atoms with E-state index in [0.717, 1.165) is 44.3 Å². The number of rotatable bonds is 4. The smallest absolute Gasteiger partial charge is 0.302 e. The topological polar surface area (TPSA) is 69.7 Å². The van der Waals surface area contributed by atoms with Gasteiger partial charge in [0.25, 0.3) is 0 Å². The molecule has 0 unspecified atom stereocenters. The zero-order chi connectivity index (χ0) is 23.4. The van der Waals surface area contributed by atoms with Crippen LogP contribution in [-0.2, 0) is 23.9 Å². The number of Topliss-reactive ketones (excluding diaryl/α,β-unsaturated/α-hetero) is 2. The van der Waals surface area contributed by atoms with Crippen LogP contribution < -0.4 is 0 Å². The summed E-state index contributed by atoms with van der Waals surface area (Å²) in [5, 5.41) is 0. The number of carbonyl (C=O) groups is 3. The highest BCUT2D eigenvalue weighted by atomic mass is 16.5. The Morgan fingerprint density at radius 3 is 2.44 bits per heavy atom. The van der Waals surface area contributed by atoms with Gasteiger partial charge in [-0.15, -0.1) is 0 Å². The molecule has 0 aromatic carbocycles. The molecule has 32 heavy (non-hydrogen) atoms. The lowest BCUT2D eigenvalue weighted by Crippen LogP contribution is -2.57. The minimum atomic E-state index is -0.196. The Hall–Kier alpha value is -1.65. The first-order chi connectivity index (χ1) is 15.0. The summed E-state index contributed by atoms with van der Waals surface area (Å²) in [6, 6.07) is 0. The predicted octanol–water partition coefficient (Wildman–Crippen LogP) is 5.27. The van der Waals surface area contributed by atoms with Crippen LogP contribution in [0, 0.1) is 40.4 Å². The zero-order valence-electron chi connectivity index (χ0n) is 20.7. The molecule has 0 heterocycles. The summed E-state index contributed by atoms with van der Waals surface area (Å²) in [5.41, 5.74) is 1.10. The first-order valence-corrected chi connectivity index (χ1v) is 12.5. The van der Waals surface area contributed by atoms with E-state index in [0.29, 0.717) is 35.9 Å². The van der Waals surface area contributed by atoms with Gasteiger partial charge in [0, 0.05) is 24.7 Å². The Morgan fingerprint density at radius 2 is 1.78 bits per heavy atom. The predicted molar refractivity (Wildman–Crippen MR) is 122 cm³/mol. The lowest BCUT2D eigenvalue weighted by atomic mass is 9.44. The van der Waals surface area contributed by atoms with Gasteiger partial charge in [0.2, 0.25) is 0 Å². The van der Waals surface area contributed by atoms with Crippen molar-refractivity contribution < 1.29 is 23.9 Å². The molecule has 0 N–H and O–H groups in total. The molecule has 0 aromatic heterocycles. The normalized spacial score (nSPS) is 44.8. The van der Waals surface area contributed by atoms with E-state index in [1.807, 2.05) is 6.92 Å². The fourth-order valence-electron chi connectivity index (χ4n) is 8.57. The first kappa shape index (κ1) is 23.5. The third-order valence-corrected chi connectivity index (χ3v) is 9.62. The minimum Gasteiger partial charge on any atom is -0.491 e. The summed E-state index contributed by atoms with van der Waals surface area (Å²) in [7, 11) is 0. The van der Waals surface area contributed by atoms with Gasteiger partial charge in [0.1, 0.15) is 18.5 Å². The van der Waals surface area contributed by atoms with Gasteiger partial charge in [0.05, 0.1) is 5.76 Å². The molecule has 8 atom stereocenters. The highest BCUT2D eigenvalue weighted by Gasteiger charge is 2.63. The van der Waals surface area contributed by atoms with E-state index < -0.39 is 0 Å². The van der Waals surface area contributed by atoms with E-state index >= 15 is 0 Å². The molecule has 5 heteroatoms. The second-order valence-electron chi connectivity index (χ2n) is 11.7. The fourth-order valence-corrected chi connectivity index (χ4v) is 8.57. The standard InChI is InChI=1S/C27H40O5/c1-15-11-22-21-8-7-19-12-20(32-18(4)29)9-10-26(19,5)25(21)23(30)13-27(22,6)24(15)17(3)31-14-16(2)28/h15,19-22,25H,7-14H2,1-6H3/b24-17-/t15-,19+,20+,21-,22-,25+,26-,27-/m0/s1. The number of fused-ring (bicyclic) bond motifs is 5. The quantitative estimate of drug-likeness (QED) is 0.437. The number of allylic oxidation sites excluding steroid dienone is 2. The van der Waals surface area contributed by atoms with Crippen molar-refractivity contribution in [2.75, 3.05) is 6.61 Å². The molecule has 0 radical (unpaired) electrons. The number of ether oxygens (including phenoxy) is 2. The molecule has 0 spiro atoms. The van der Waals surface area contributed by atoms with Crippen molar-refractivity contribution in [3.63, 3.8) is 0 Å². The maximum Gasteiger partial charge on any atom is 0.302 e. The third-order valence-electron chi connectivity index (χ3n) is 9.62. The molecular weight excluding hydrogens is 404 g/mol. The maximum atomic E-state index is 13.8. The molecule has 178 valence electrons. The number of esters is 1. The molecule has 0 aromatic rings. The van der Waals surface area contributed by atoms with Gasteiger partial charge in [-0.2, -0.15) is 0 Å². The second kappa shape index (κ2) is 8.29. The van der Waals surface area contributed by atoms with Crippen LogP contribution >= 0.6 is 0 Å². The molecule has 0 bridgehead atoms. The second-order valence-corrected chi connectivity index (χ2v) is 11.7. The molecule has 4 rings (SSSR count). The van der Waals surface area contributed by atoms with Gasteiger partial charge in [0.15, 0.2) is 5.78 Å². The zero-order valence-corrected chi connectivity index (χ0v) is 20.7. The van der Waals surface area contributed by atoms with Crippen LogP contribution in [0.5, 0.6) is 0 Å². The summed E-state index contributed by atoms with van der Waals surface area (Å²) < 4.78 is 11.4. The first-order valence-electron chi connectivity index (χ1n) is 12.5. The number of hydrogen-bond acceptors (Lipinski definition) is 5. The number of carbonyl (C=O) groups excluding carboxylic acids is 3. The monoisotopic (exact) mass is 444 g/mol. The highest BCUT2D eigenvalue weighted by Crippen LogP contribution is 2.67. The molecule has 4 aliphatic carbocycles. The summed E-state index contributed by atoms with van der Waals surface area (Å²) >= 11 is 0. The average Bonchev–Trinajstić information content (AvgIpc) is 2.95. The van der Waals surface area contributed by atoms with Gasteiger partial charge >= 0.3 is 5.97 Å². The van der Waals surface area contributed by atoms with Gasteiger partial charge in [-0.1, -0.05) is 20.8 Å². The Labute approximate surface area is 192 Å². The fraction of sp³-hybridized carbons (Fsp3) is 0.815. The van der Waals surface area contributed by atoms with E-state index in [9.17, 15) is 14.4 Å². The Morgan fingerprint density at radius 1 is 1.06 bits per heavy atom. The molecule has 0 saturated heterocycles. The van der Waals surface area contributed by atoms with Crippen molar-refractivity contribution in [1.82, 2.24) is 0 Å². The number of hydrogen-bond donors (Lipinski definition) is 0. The lowest BCUT2D eigenvalue weighted by Gasteiger charge is -2.59. The summed E-state index contributed by atoms with van der Waals surface area (Å²) in [6.45, 7) is 12.0. The highest BCUT2D eigenvalue weighted by molar-refractivity contribution is 5.85. The largest absolute Gasteiger partial charge is 0.491 e. The van der Waals surface area contributed by atoms with E-state index in [-0.39, 0.29) is 41.2 Å². The number of ketones is 2. The Bertz CT molecular complexity index is 843. The van der Waals surface area contributed by atoms with Crippen molar-refractivity contribution in [3.05, 3.63) is 11.3 Å². The van der Waals surface area contributed by atoms with E-state index in [1.165, 1.54) is 12.5 Å². The summed E-state index contributed by atoms with van der Waals surface area (Å²) in [5.74, 6) is 2.92. The van der Waals surface area contributed by atoms with Gasteiger partial charge in [-0.3, -0.25) is 14.4 Å². The van der Waals surface area contributed by atoms with Crippen LogP contribution in [0.2, 0.25) is 0 Å². The SMILES string of the molecule is CC(=O)CO/C(C)=C1/[C@@H](C)C[C@H]2[C@@H]3CC[C@@H]4C[C@H](OC(C)=O)CC[C@]4(C)[C@H]3C(=O)C[C@]12C. The van der Waals surface area contributed by atoms with Crippen molar-refractivity contribution in [3.8, 4) is 0 Å². The van der Waals surface area contributed by atoms with E-state index in [4.69, 9.17) is 9.47 Å². The molecule has 5 nitrogen and oxygen atoms in total. The molecule has 4 fully saturated rings. The van der Waals surface area contributed by atoms with Crippen LogP contribution in [0.3, 0.4) is 0 Å². The average molecular weight is 445 g/mol. The van der Waals surface area contributed by atoms with Crippen molar-refractivity contribution in [2.45, 2.75) is 92.6 Å². The Balaban J connectivity index is 1.61. The van der Waals surface area contributed by atoms with Crippen LogP contribution in [0.15, 0.2) is 11.3 Å². The summed E-state index contributed by atoms with van der Waals surface area (Å²) in [4.78, 5) is 36.8. The third kappa shape index (κ3) is 3.74. The van der Waals surface area contributed by atoms with Crippen molar-refractivity contribution >= 4 is 17.5 Å². The lowest BCUT2D eigenvalue weighted by molar-refractivity contribution is -0.166. The molecule has 4 saturated carbocycles. The van der Waals surface area contributed by atoms with Crippen molar-refractivity contribution in [2.24, 2.45) is 40.4 Å². The molecular formula is C27H40O5. The molecule has 4 aliphatic rings.